The van der Waals surface area contributed by atoms with Gasteiger partial charge in [-0.15, -0.1) is 11.3 Å². The molecule has 1 aromatic carbocycles. The lowest BCUT2D eigenvalue weighted by Gasteiger charge is -2.07. The molecule has 0 saturated carbocycles. The van der Waals surface area contributed by atoms with E-state index in [1.807, 2.05) is 55.6 Å². The van der Waals surface area contributed by atoms with E-state index >= 15 is 0 Å². The Morgan fingerprint density at radius 1 is 1.32 bits per heavy atom. The van der Waals surface area contributed by atoms with E-state index < -0.39 is 6.04 Å². The molecular formula is C18H20N4O2S. The molecule has 6 nitrogen and oxygen atoms in total. The molecule has 0 bridgehead atoms. The molecule has 1 atom stereocenters. The van der Waals surface area contributed by atoms with E-state index in [1.54, 1.807) is 11.3 Å². The van der Waals surface area contributed by atoms with Crippen LogP contribution < -0.4 is 15.5 Å². The van der Waals surface area contributed by atoms with Crippen molar-refractivity contribution in [2.24, 2.45) is 10.1 Å². The number of nitrogens with zero attached hydrogens (tertiary/aromatic N) is 2. The van der Waals surface area contributed by atoms with Crippen molar-refractivity contribution < 1.29 is 9.53 Å². The molecule has 1 aromatic heterocycles. The summed E-state index contributed by atoms with van der Waals surface area (Å²) in [5.41, 5.74) is 4.64. The fourth-order valence-corrected chi connectivity index (χ4v) is 2.92. The molecular weight excluding hydrogens is 336 g/mol. The second-order valence-electron chi connectivity index (χ2n) is 5.87. The summed E-state index contributed by atoms with van der Waals surface area (Å²) < 4.78 is 5.75. The Morgan fingerprint density at radius 2 is 2.12 bits per heavy atom. The van der Waals surface area contributed by atoms with E-state index in [0.29, 0.717) is 19.0 Å². The second kappa shape index (κ2) is 7.94. The topological polar surface area (TPSA) is 75.1 Å². The van der Waals surface area contributed by atoms with Gasteiger partial charge in [0.15, 0.2) is 0 Å². The summed E-state index contributed by atoms with van der Waals surface area (Å²) in [6.07, 6.45) is 0.539. The van der Waals surface area contributed by atoms with Crippen LogP contribution in [-0.4, -0.2) is 23.6 Å². The smallest absolute Gasteiger partial charge is 0.251 e. The predicted octanol–water partition coefficient (Wildman–Crippen LogP) is 2.71. The third-order valence-electron chi connectivity index (χ3n) is 3.53. The highest BCUT2D eigenvalue weighted by atomic mass is 32.1. The van der Waals surface area contributed by atoms with Gasteiger partial charge in [0, 0.05) is 17.0 Å². The van der Waals surface area contributed by atoms with E-state index in [4.69, 9.17) is 4.74 Å². The van der Waals surface area contributed by atoms with Crippen LogP contribution in [0.4, 0.5) is 0 Å². The molecule has 0 aliphatic carbocycles. The highest BCUT2D eigenvalue weighted by Crippen LogP contribution is 2.18. The number of hydrazone groups is 1. The number of thiophene rings is 1. The van der Waals surface area contributed by atoms with Crippen molar-refractivity contribution in [2.45, 2.75) is 32.9 Å². The van der Waals surface area contributed by atoms with Crippen LogP contribution in [0.3, 0.4) is 0 Å². The lowest BCUT2D eigenvalue weighted by Crippen LogP contribution is -2.35. The van der Waals surface area contributed by atoms with Crippen LogP contribution in [-0.2, 0) is 17.8 Å². The summed E-state index contributed by atoms with van der Waals surface area (Å²) >= 11 is 1.67. The SMILES string of the molecule is CC(C)=NNC1=NC(Cc2ccc(OCc3cccs3)cc2)C(=O)N1. The van der Waals surface area contributed by atoms with E-state index in [2.05, 4.69) is 20.8 Å². The zero-order valence-corrected chi connectivity index (χ0v) is 15.0. The minimum atomic E-state index is -0.437. The Labute approximate surface area is 150 Å². The Hall–Kier alpha value is -2.67. The normalized spacial score (nSPS) is 16.2. The third-order valence-corrected chi connectivity index (χ3v) is 4.38. The number of guanidine groups is 1. The van der Waals surface area contributed by atoms with Gasteiger partial charge in [-0.2, -0.15) is 5.10 Å². The van der Waals surface area contributed by atoms with Crippen molar-refractivity contribution in [1.82, 2.24) is 10.7 Å². The first-order valence-corrected chi connectivity index (χ1v) is 8.88. The molecule has 130 valence electrons. The Bertz CT molecular complexity index is 778. The molecule has 3 rings (SSSR count). The molecule has 0 spiro atoms. The summed E-state index contributed by atoms with van der Waals surface area (Å²) in [4.78, 5) is 17.5. The number of rotatable bonds is 6. The van der Waals surface area contributed by atoms with Crippen LogP contribution in [0.1, 0.15) is 24.3 Å². The van der Waals surface area contributed by atoms with Gasteiger partial charge in [-0.05, 0) is 43.0 Å². The molecule has 1 unspecified atom stereocenters. The number of carbonyl (C=O) groups excluding carboxylic acids is 1. The van der Waals surface area contributed by atoms with Gasteiger partial charge in [0.05, 0.1) is 0 Å². The van der Waals surface area contributed by atoms with Gasteiger partial charge in [0.2, 0.25) is 5.96 Å². The molecule has 0 saturated heterocycles. The molecule has 1 amide bonds. The number of ether oxygens (including phenoxy) is 1. The first-order chi connectivity index (χ1) is 12.1. The Balaban J connectivity index is 1.55. The number of hydrogen-bond acceptors (Lipinski definition) is 6. The lowest BCUT2D eigenvalue weighted by atomic mass is 10.1. The molecule has 1 aliphatic heterocycles. The van der Waals surface area contributed by atoms with E-state index in [0.717, 1.165) is 17.0 Å². The monoisotopic (exact) mass is 356 g/mol. The number of amides is 1. The van der Waals surface area contributed by atoms with Crippen LogP contribution >= 0.6 is 11.3 Å². The van der Waals surface area contributed by atoms with Gasteiger partial charge < -0.3 is 4.74 Å². The van der Waals surface area contributed by atoms with Crippen molar-refractivity contribution in [3.8, 4) is 5.75 Å². The maximum absolute atomic E-state index is 12.0. The van der Waals surface area contributed by atoms with Crippen molar-refractivity contribution in [2.75, 3.05) is 0 Å². The minimum Gasteiger partial charge on any atom is -0.488 e. The number of aliphatic imine (C=N–C) groups is 1. The highest BCUT2D eigenvalue weighted by Gasteiger charge is 2.26. The van der Waals surface area contributed by atoms with Crippen LogP contribution in [0.25, 0.3) is 0 Å². The van der Waals surface area contributed by atoms with Gasteiger partial charge in [0.25, 0.3) is 5.91 Å². The van der Waals surface area contributed by atoms with Crippen LogP contribution in [0.5, 0.6) is 5.75 Å². The van der Waals surface area contributed by atoms with Gasteiger partial charge in [-0.3, -0.25) is 10.1 Å². The standard InChI is InChI=1S/C18H20N4O2S/c1-12(2)21-22-18-19-16(17(23)20-18)10-13-5-7-14(8-6-13)24-11-15-4-3-9-25-15/h3-9,16H,10-11H2,1-2H3,(H2,19,20,22,23). The van der Waals surface area contributed by atoms with Gasteiger partial charge in [-0.1, -0.05) is 18.2 Å². The van der Waals surface area contributed by atoms with E-state index in [-0.39, 0.29) is 5.91 Å². The van der Waals surface area contributed by atoms with Crippen molar-refractivity contribution >= 4 is 28.9 Å². The van der Waals surface area contributed by atoms with Crippen LogP contribution in [0.15, 0.2) is 51.9 Å². The average molecular weight is 356 g/mol. The summed E-state index contributed by atoms with van der Waals surface area (Å²) in [5.74, 6) is 1.09. The van der Waals surface area contributed by atoms with Gasteiger partial charge in [0.1, 0.15) is 18.4 Å². The average Bonchev–Trinajstić information content (AvgIpc) is 3.23. The largest absolute Gasteiger partial charge is 0.488 e. The maximum Gasteiger partial charge on any atom is 0.251 e. The van der Waals surface area contributed by atoms with Crippen molar-refractivity contribution in [1.29, 1.82) is 0 Å². The fraction of sp³-hybridized carbons (Fsp3) is 0.278. The number of nitrogens with one attached hydrogen (secondary N) is 2. The summed E-state index contributed by atoms with van der Waals surface area (Å²) in [7, 11) is 0. The van der Waals surface area contributed by atoms with Crippen molar-refractivity contribution in [3.63, 3.8) is 0 Å². The first-order valence-electron chi connectivity index (χ1n) is 8.00. The predicted molar refractivity (Wildman–Crippen MR) is 100 cm³/mol. The summed E-state index contributed by atoms with van der Waals surface area (Å²) in [6, 6.07) is 11.4. The summed E-state index contributed by atoms with van der Waals surface area (Å²) in [5, 5.41) is 8.77. The fourth-order valence-electron chi connectivity index (χ4n) is 2.30. The van der Waals surface area contributed by atoms with Crippen molar-refractivity contribution in [3.05, 3.63) is 52.2 Å². The molecule has 2 N–H and O–H groups in total. The minimum absolute atomic E-state index is 0.121. The molecule has 7 heteroatoms. The quantitative estimate of drug-likeness (QED) is 0.617. The third kappa shape index (κ3) is 4.90. The molecule has 25 heavy (non-hydrogen) atoms. The van der Waals surface area contributed by atoms with Crippen LogP contribution in [0.2, 0.25) is 0 Å². The molecule has 0 radical (unpaired) electrons. The van der Waals surface area contributed by atoms with E-state index in [9.17, 15) is 4.79 Å². The molecule has 2 aromatic rings. The molecule has 2 heterocycles. The number of hydrogen-bond donors (Lipinski definition) is 2. The number of carbonyl (C=O) groups is 1. The molecule has 0 fully saturated rings. The maximum atomic E-state index is 12.0. The highest BCUT2D eigenvalue weighted by molar-refractivity contribution is 7.09. The van der Waals surface area contributed by atoms with Gasteiger partial charge >= 0.3 is 0 Å². The number of benzene rings is 1. The Kier molecular flexibility index (Phi) is 5.45. The first kappa shape index (κ1) is 17.2. The van der Waals surface area contributed by atoms with Crippen LogP contribution in [0, 0.1) is 0 Å². The Morgan fingerprint density at radius 3 is 2.80 bits per heavy atom. The summed E-state index contributed by atoms with van der Waals surface area (Å²) in [6.45, 7) is 4.30. The lowest BCUT2D eigenvalue weighted by molar-refractivity contribution is -0.120. The second-order valence-corrected chi connectivity index (χ2v) is 6.90. The zero-order chi connectivity index (χ0) is 17.6. The molecule has 1 aliphatic rings. The van der Waals surface area contributed by atoms with E-state index in [1.165, 1.54) is 4.88 Å². The van der Waals surface area contributed by atoms with Gasteiger partial charge in [-0.25, -0.2) is 10.4 Å². The zero-order valence-electron chi connectivity index (χ0n) is 14.2.